The Morgan fingerprint density at radius 1 is 1.11 bits per heavy atom. The highest BCUT2D eigenvalue weighted by Gasteiger charge is 2.69. The summed E-state index contributed by atoms with van der Waals surface area (Å²) in [7, 11) is 6.51. The van der Waals surface area contributed by atoms with Gasteiger partial charge in [-0.25, -0.2) is 4.99 Å². The number of rotatable bonds is 6. The van der Waals surface area contributed by atoms with Crippen molar-refractivity contribution in [2.45, 2.75) is 31.4 Å². The van der Waals surface area contributed by atoms with Gasteiger partial charge in [-0.3, -0.25) is 39.0 Å². The van der Waals surface area contributed by atoms with Crippen molar-refractivity contribution in [2.75, 3.05) is 38.4 Å². The van der Waals surface area contributed by atoms with E-state index in [2.05, 4.69) is 10.3 Å². The number of nitrogens with one attached hydrogen (secondary N) is 1. The third-order valence-electron chi connectivity index (χ3n) is 9.19. The fourth-order valence-corrected chi connectivity index (χ4v) is 7.21. The summed E-state index contributed by atoms with van der Waals surface area (Å²) in [6.45, 7) is 1.58. The number of aromatic hydroxyl groups is 1. The number of amides is 1. The van der Waals surface area contributed by atoms with E-state index in [1.807, 2.05) is 0 Å². The molecule has 2 saturated carbocycles. The number of benzene rings is 2. The van der Waals surface area contributed by atoms with Crippen LogP contribution in [0, 0.1) is 33.8 Å². The Morgan fingerprint density at radius 2 is 1.74 bits per heavy atom. The topological polar surface area (TPSA) is 226 Å². The molecule has 5 rings (SSSR count). The van der Waals surface area contributed by atoms with E-state index in [0.29, 0.717) is 16.9 Å². The molecule has 0 saturated heterocycles. The van der Waals surface area contributed by atoms with Gasteiger partial charge < -0.3 is 26.2 Å². The second-order valence-electron chi connectivity index (χ2n) is 12.4. The van der Waals surface area contributed by atoms with Gasteiger partial charge in [0.1, 0.15) is 11.5 Å². The van der Waals surface area contributed by atoms with E-state index in [1.54, 1.807) is 32.0 Å². The molecule has 0 radical (unpaired) electrons. The standard InChI is InChI=1S/C31H34N6O9/c1-13(33-15-6-8-16(9-7-15)37(45)46)34-19-12-20(35(2)3)17-10-14-11-18-24(36(4)5)27(40)23(30(32)43)29(42)31(18,44)28(41)21(14)26(39)22(17)25(19)38/h6-9,12,14,18,21,23-24,38,44H,10-11H2,1-5H3,(H2,32,43)(H,33,34)/t14-,18-,21?,23?,24-,31-/m1/s1. The molecule has 1 amide bonds. The molecular weight excluding hydrogens is 600 g/mol. The number of nitro benzene ring substituents is 1. The Bertz CT molecular complexity index is 1730. The van der Waals surface area contributed by atoms with Crippen LogP contribution in [0.25, 0.3) is 0 Å². The van der Waals surface area contributed by atoms with Crippen LogP contribution < -0.4 is 16.0 Å². The summed E-state index contributed by atoms with van der Waals surface area (Å²) < 4.78 is 0. The Hall–Kier alpha value is -5.02. The first kappa shape index (κ1) is 32.4. The number of ketones is 4. The Morgan fingerprint density at radius 3 is 2.28 bits per heavy atom. The zero-order chi connectivity index (χ0) is 34.0. The van der Waals surface area contributed by atoms with Gasteiger partial charge in [0.25, 0.3) is 5.69 Å². The van der Waals surface area contributed by atoms with Crippen LogP contribution in [-0.2, 0) is 25.6 Å². The summed E-state index contributed by atoms with van der Waals surface area (Å²) in [4.78, 5) is 85.3. The molecule has 2 aromatic rings. The number of carbonyl (C=O) groups is 5. The van der Waals surface area contributed by atoms with Crippen LogP contribution in [-0.4, -0.2) is 94.7 Å². The van der Waals surface area contributed by atoms with E-state index in [1.165, 1.54) is 43.3 Å². The fraction of sp³-hybridized carbons (Fsp3) is 0.419. The van der Waals surface area contributed by atoms with Crippen LogP contribution in [0.3, 0.4) is 0 Å². The molecule has 242 valence electrons. The molecule has 0 spiro atoms. The molecule has 15 heteroatoms. The molecule has 15 nitrogen and oxygen atoms in total. The normalized spacial score (nSPS) is 27.5. The number of nitrogens with zero attached hydrogens (tertiary/aromatic N) is 4. The summed E-state index contributed by atoms with van der Waals surface area (Å²) in [6, 6.07) is 5.97. The summed E-state index contributed by atoms with van der Waals surface area (Å²) in [6.07, 6.45) is 0.0482. The smallest absolute Gasteiger partial charge is 0.269 e. The molecule has 3 aliphatic rings. The van der Waals surface area contributed by atoms with Crippen LogP contribution in [0.4, 0.5) is 22.7 Å². The van der Waals surface area contributed by atoms with Gasteiger partial charge >= 0.3 is 0 Å². The van der Waals surface area contributed by atoms with Crippen molar-refractivity contribution in [3.05, 3.63) is 51.6 Å². The molecule has 0 heterocycles. The average Bonchev–Trinajstić information content (AvgIpc) is 2.96. The van der Waals surface area contributed by atoms with Gasteiger partial charge in [-0.2, -0.15) is 0 Å². The van der Waals surface area contributed by atoms with Crippen LogP contribution >= 0.6 is 0 Å². The third kappa shape index (κ3) is 4.91. The lowest BCUT2D eigenvalue weighted by molar-refractivity contribution is -0.384. The second-order valence-corrected chi connectivity index (χ2v) is 12.4. The summed E-state index contributed by atoms with van der Waals surface area (Å²) in [5.74, 6) is -11.2. The molecule has 0 bridgehead atoms. The minimum atomic E-state index is -2.82. The van der Waals surface area contributed by atoms with Crippen molar-refractivity contribution < 1.29 is 39.1 Å². The van der Waals surface area contributed by atoms with Crippen LogP contribution in [0.1, 0.15) is 29.3 Å². The molecule has 2 unspecified atom stereocenters. The molecule has 0 aliphatic heterocycles. The van der Waals surface area contributed by atoms with Crippen LogP contribution in [0.5, 0.6) is 5.75 Å². The number of nitrogens with two attached hydrogens (primary N) is 1. The minimum absolute atomic E-state index is 0.0122. The highest BCUT2D eigenvalue weighted by Crippen LogP contribution is 2.53. The number of nitro groups is 1. The van der Waals surface area contributed by atoms with E-state index in [-0.39, 0.29) is 35.6 Å². The fourth-order valence-electron chi connectivity index (χ4n) is 7.21. The number of non-ortho nitro benzene ring substituents is 1. The lowest BCUT2D eigenvalue weighted by atomic mass is 9.52. The number of phenols is 1. The Labute approximate surface area is 263 Å². The van der Waals surface area contributed by atoms with E-state index >= 15 is 0 Å². The average molecular weight is 635 g/mol. The maximum Gasteiger partial charge on any atom is 0.269 e. The number of fused-ring (bicyclic) bond motifs is 3. The maximum atomic E-state index is 14.2. The van der Waals surface area contributed by atoms with Gasteiger partial charge in [0.2, 0.25) is 5.91 Å². The monoisotopic (exact) mass is 634 g/mol. The minimum Gasteiger partial charge on any atom is -0.505 e. The van der Waals surface area contributed by atoms with Gasteiger partial charge in [-0.05, 0) is 63.5 Å². The van der Waals surface area contributed by atoms with Crippen molar-refractivity contribution in [3.63, 3.8) is 0 Å². The summed E-state index contributed by atoms with van der Waals surface area (Å²) in [5.41, 5.74) is 3.71. The van der Waals surface area contributed by atoms with Crippen molar-refractivity contribution in [3.8, 4) is 5.75 Å². The quantitative estimate of drug-likeness (QED) is 0.115. The van der Waals surface area contributed by atoms with Crippen molar-refractivity contribution in [1.82, 2.24) is 4.90 Å². The first-order valence-corrected chi connectivity index (χ1v) is 14.5. The number of hydrogen-bond donors (Lipinski definition) is 4. The first-order chi connectivity index (χ1) is 21.5. The number of likely N-dealkylation sites (N-methyl/N-ethyl adjacent to an activating group) is 1. The van der Waals surface area contributed by atoms with E-state index < -0.39 is 75.0 Å². The van der Waals surface area contributed by atoms with Crippen molar-refractivity contribution >= 4 is 57.6 Å². The van der Waals surface area contributed by atoms with E-state index in [0.717, 1.165) is 0 Å². The summed E-state index contributed by atoms with van der Waals surface area (Å²) >= 11 is 0. The van der Waals surface area contributed by atoms with Crippen LogP contribution in [0.2, 0.25) is 0 Å². The SMILES string of the molecule is CC(=Nc1cc(N(C)C)c2c(c1O)C(=O)C1C(=O)[C@@]3(O)C(=O)C(C(N)=O)C(=O)[C@H](N(C)C)[C@H]3C[C@H]1C2)Nc1ccc([N+](=O)[O-])cc1. The van der Waals surface area contributed by atoms with E-state index in [9.17, 15) is 44.3 Å². The first-order valence-electron chi connectivity index (χ1n) is 14.5. The zero-order valence-corrected chi connectivity index (χ0v) is 25.8. The predicted octanol–water partition coefficient (Wildman–Crippen LogP) is 1.00. The number of amidine groups is 1. The molecule has 6 atom stereocenters. The summed E-state index contributed by atoms with van der Waals surface area (Å²) in [5, 5.41) is 37.1. The third-order valence-corrected chi connectivity index (χ3v) is 9.19. The molecular formula is C31H34N6O9. The Kier molecular flexibility index (Phi) is 8.03. The maximum absolute atomic E-state index is 14.2. The number of aliphatic hydroxyl groups is 1. The van der Waals surface area contributed by atoms with E-state index in [4.69, 9.17) is 5.73 Å². The highest BCUT2D eigenvalue weighted by molar-refractivity contribution is 6.32. The molecule has 2 fully saturated rings. The largest absolute Gasteiger partial charge is 0.505 e. The molecule has 5 N–H and O–H groups in total. The van der Waals surface area contributed by atoms with Gasteiger partial charge in [0, 0.05) is 43.5 Å². The predicted molar refractivity (Wildman–Crippen MR) is 165 cm³/mol. The number of aliphatic imine (C=N–C) groups is 1. The number of carbonyl (C=O) groups excluding carboxylic acids is 5. The lowest BCUT2D eigenvalue weighted by Gasteiger charge is -2.52. The van der Waals surface area contributed by atoms with Crippen molar-refractivity contribution in [1.29, 1.82) is 0 Å². The van der Waals surface area contributed by atoms with Gasteiger partial charge in [-0.1, -0.05) is 0 Å². The van der Waals surface area contributed by atoms with Crippen LogP contribution in [0.15, 0.2) is 35.3 Å². The number of Topliss-reactive ketones (excluding diaryl/α,β-unsaturated/α-hetero) is 4. The van der Waals surface area contributed by atoms with Gasteiger partial charge in [0.05, 0.1) is 22.4 Å². The molecule has 0 aromatic heterocycles. The number of anilines is 2. The number of hydrogen-bond acceptors (Lipinski definition) is 12. The highest BCUT2D eigenvalue weighted by atomic mass is 16.6. The van der Waals surface area contributed by atoms with Crippen molar-refractivity contribution in [2.24, 2.45) is 34.4 Å². The molecule has 46 heavy (non-hydrogen) atoms. The zero-order valence-electron chi connectivity index (χ0n) is 25.8. The number of primary amides is 1. The van der Waals surface area contributed by atoms with Gasteiger partial charge in [0.15, 0.2) is 40.4 Å². The van der Waals surface area contributed by atoms with Gasteiger partial charge in [-0.15, -0.1) is 0 Å². The Balaban J connectivity index is 1.58. The second kappa shape index (κ2) is 11.4. The number of phenolic OH excluding ortho intramolecular Hbond substituents is 1. The molecule has 2 aromatic carbocycles. The lowest BCUT2D eigenvalue weighted by Crippen LogP contribution is -2.74. The molecule has 3 aliphatic carbocycles.